The quantitative estimate of drug-likeness (QED) is 0.555. The zero-order chi connectivity index (χ0) is 20.0. The van der Waals surface area contributed by atoms with E-state index in [1.165, 1.54) is 23.5 Å². The van der Waals surface area contributed by atoms with E-state index < -0.39 is 15.9 Å². The molecule has 144 valence electrons. The molecule has 0 saturated heterocycles. The molecule has 1 amide bonds. The predicted molar refractivity (Wildman–Crippen MR) is 106 cm³/mol. The molecule has 1 aliphatic heterocycles. The summed E-state index contributed by atoms with van der Waals surface area (Å²) >= 11 is 0. The summed E-state index contributed by atoms with van der Waals surface area (Å²) < 4.78 is 28.5. The van der Waals surface area contributed by atoms with Crippen molar-refractivity contribution in [1.82, 2.24) is 19.7 Å². The van der Waals surface area contributed by atoms with Crippen LogP contribution in [0.25, 0.3) is 16.6 Å². The van der Waals surface area contributed by atoms with Crippen LogP contribution in [0.15, 0.2) is 72.3 Å². The first-order chi connectivity index (χ1) is 14.0. The van der Waals surface area contributed by atoms with Gasteiger partial charge in [0.2, 0.25) is 5.91 Å². The molecule has 0 bridgehead atoms. The molecule has 2 aromatic carbocycles. The van der Waals surface area contributed by atoms with E-state index in [-0.39, 0.29) is 11.4 Å². The molecule has 10 heteroatoms. The monoisotopic (exact) mass is 406 g/mol. The number of sulfonamides is 1. The van der Waals surface area contributed by atoms with Gasteiger partial charge in [0.25, 0.3) is 10.0 Å². The number of benzene rings is 2. The number of carbonyl (C=O) groups is 1. The fourth-order valence-electron chi connectivity index (χ4n) is 3.38. The number of hydrogen-bond acceptors (Lipinski definition) is 6. The van der Waals surface area contributed by atoms with E-state index in [1.807, 2.05) is 12.1 Å². The van der Waals surface area contributed by atoms with Crippen molar-refractivity contribution in [2.45, 2.75) is 4.90 Å². The van der Waals surface area contributed by atoms with E-state index in [1.54, 1.807) is 36.4 Å². The standard InChI is InChI=1S/C19H14N6O3S/c26-18(23-14-7-8-17(21-9-14)24-12-20-11-22-24)10-25-15-5-1-3-13-4-2-6-16(19(13)15)29(25,27)28/h1-9,11-12H,10H2,(H,23,26). The second kappa shape index (κ2) is 6.38. The molecule has 29 heavy (non-hydrogen) atoms. The summed E-state index contributed by atoms with van der Waals surface area (Å²) in [5.41, 5.74) is 0.957. The Labute approximate surface area is 165 Å². The SMILES string of the molecule is O=C(CN1c2cccc3cccc(c23)S1(=O)=O)Nc1ccc(-n2cncn2)nc1. The fourth-order valence-corrected chi connectivity index (χ4v) is 5.05. The summed E-state index contributed by atoms with van der Waals surface area (Å²) in [6.07, 6.45) is 4.38. The Bertz CT molecular complexity index is 1330. The highest BCUT2D eigenvalue weighted by Crippen LogP contribution is 2.41. The largest absolute Gasteiger partial charge is 0.323 e. The van der Waals surface area contributed by atoms with Gasteiger partial charge in [0.1, 0.15) is 19.2 Å². The van der Waals surface area contributed by atoms with Gasteiger partial charge in [-0.15, -0.1) is 0 Å². The summed E-state index contributed by atoms with van der Waals surface area (Å²) in [5.74, 6) is 0.0819. The van der Waals surface area contributed by atoms with E-state index in [2.05, 4.69) is 20.4 Å². The summed E-state index contributed by atoms with van der Waals surface area (Å²) in [4.78, 5) is 20.9. The zero-order valence-corrected chi connectivity index (χ0v) is 15.7. The third kappa shape index (κ3) is 2.81. The molecule has 0 unspecified atom stereocenters. The van der Waals surface area contributed by atoms with Crippen molar-refractivity contribution in [3.8, 4) is 5.82 Å². The highest BCUT2D eigenvalue weighted by molar-refractivity contribution is 7.93. The Kier molecular flexibility index (Phi) is 3.81. The molecule has 0 radical (unpaired) electrons. The van der Waals surface area contributed by atoms with Gasteiger partial charge in [-0.2, -0.15) is 5.10 Å². The van der Waals surface area contributed by atoms with Gasteiger partial charge in [-0.3, -0.25) is 9.10 Å². The summed E-state index contributed by atoms with van der Waals surface area (Å²) in [6, 6.07) is 13.8. The van der Waals surface area contributed by atoms with Crippen LogP contribution in [0, 0.1) is 0 Å². The number of nitrogens with one attached hydrogen (secondary N) is 1. The molecule has 9 nitrogen and oxygen atoms in total. The van der Waals surface area contributed by atoms with Gasteiger partial charge in [-0.05, 0) is 29.7 Å². The lowest BCUT2D eigenvalue weighted by atomic mass is 10.1. The maximum Gasteiger partial charge on any atom is 0.265 e. The Morgan fingerprint density at radius 1 is 1.07 bits per heavy atom. The molecule has 3 heterocycles. The molecular weight excluding hydrogens is 392 g/mol. The summed E-state index contributed by atoms with van der Waals surface area (Å²) in [6.45, 7) is -0.332. The molecular formula is C19H14N6O3S. The number of carbonyl (C=O) groups excluding carboxylic acids is 1. The van der Waals surface area contributed by atoms with Crippen molar-refractivity contribution >= 4 is 38.1 Å². The summed E-state index contributed by atoms with van der Waals surface area (Å²) in [5, 5.41) is 8.13. The van der Waals surface area contributed by atoms with Gasteiger partial charge < -0.3 is 5.32 Å². The molecule has 0 saturated carbocycles. The highest BCUT2D eigenvalue weighted by atomic mass is 32.2. The minimum absolute atomic E-state index is 0.220. The number of pyridine rings is 1. The first kappa shape index (κ1) is 17.3. The Hall–Kier alpha value is -3.79. The van der Waals surface area contributed by atoms with Gasteiger partial charge in [0.05, 0.1) is 22.5 Å². The third-order valence-electron chi connectivity index (χ3n) is 4.65. The maximum absolute atomic E-state index is 12.9. The number of hydrogen-bond donors (Lipinski definition) is 1. The van der Waals surface area contributed by atoms with Gasteiger partial charge >= 0.3 is 0 Å². The lowest BCUT2D eigenvalue weighted by Crippen LogP contribution is -2.35. The van der Waals surface area contributed by atoms with Crippen molar-refractivity contribution in [2.24, 2.45) is 0 Å². The minimum Gasteiger partial charge on any atom is -0.323 e. The Morgan fingerprint density at radius 3 is 2.62 bits per heavy atom. The third-order valence-corrected chi connectivity index (χ3v) is 6.46. The highest BCUT2D eigenvalue weighted by Gasteiger charge is 2.36. The van der Waals surface area contributed by atoms with Gasteiger partial charge in [-0.1, -0.05) is 24.3 Å². The number of nitrogens with zero attached hydrogens (tertiary/aromatic N) is 5. The molecule has 0 atom stereocenters. The molecule has 1 aliphatic rings. The Morgan fingerprint density at radius 2 is 1.90 bits per heavy atom. The van der Waals surface area contributed by atoms with Crippen LogP contribution < -0.4 is 9.62 Å². The fraction of sp³-hybridized carbons (Fsp3) is 0.0526. The topological polar surface area (TPSA) is 110 Å². The lowest BCUT2D eigenvalue weighted by molar-refractivity contribution is -0.114. The van der Waals surface area contributed by atoms with Gasteiger partial charge in [-0.25, -0.2) is 23.1 Å². The van der Waals surface area contributed by atoms with Crippen molar-refractivity contribution in [3.63, 3.8) is 0 Å². The van der Waals surface area contributed by atoms with Crippen molar-refractivity contribution in [3.05, 3.63) is 67.4 Å². The van der Waals surface area contributed by atoms with E-state index in [4.69, 9.17) is 0 Å². The minimum atomic E-state index is -3.78. The van der Waals surface area contributed by atoms with Crippen LogP contribution in [0.5, 0.6) is 0 Å². The van der Waals surface area contributed by atoms with Gasteiger partial charge in [0, 0.05) is 5.39 Å². The van der Waals surface area contributed by atoms with Crippen LogP contribution in [0.2, 0.25) is 0 Å². The van der Waals surface area contributed by atoms with E-state index in [0.29, 0.717) is 22.6 Å². The molecule has 1 N–H and O–H groups in total. The lowest BCUT2D eigenvalue weighted by Gasteiger charge is -2.18. The normalized spacial score (nSPS) is 14.3. The van der Waals surface area contributed by atoms with Crippen LogP contribution in [0.4, 0.5) is 11.4 Å². The zero-order valence-electron chi connectivity index (χ0n) is 14.9. The van der Waals surface area contributed by atoms with E-state index >= 15 is 0 Å². The second-order valence-electron chi connectivity index (χ2n) is 6.44. The van der Waals surface area contributed by atoms with Crippen molar-refractivity contribution in [1.29, 1.82) is 0 Å². The molecule has 5 rings (SSSR count). The number of amides is 1. The number of aromatic nitrogens is 4. The van der Waals surface area contributed by atoms with E-state index in [9.17, 15) is 13.2 Å². The van der Waals surface area contributed by atoms with Crippen LogP contribution in [-0.4, -0.2) is 40.6 Å². The number of rotatable bonds is 4. The van der Waals surface area contributed by atoms with Crippen LogP contribution in [0.1, 0.15) is 0 Å². The van der Waals surface area contributed by atoms with Crippen LogP contribution >= 0.6 is 0 Å². The average Bonchev–Trinajstić information content (AvgIpc) is 3.32. The number of anilines is 2. The molecule has 4 aromatic rings. The van der Waals surface area contributed by atoms with Crippen LogP contribution in [0.3, 0.4) is 0 Å². The summed E-state index contributed by atoms with van der Waals surface area (Å²) in [7, 11) is -3.78. The maximum atomic E-state index is 12.9. The Balaban J connectivity index is 1.38. The average molecular weight is 406 g/mol. The molecule has 0 aliphatic carbocycles. The van der Waals surface area contributed by atoms with Crippen LogP contribution in [-0.2, 0) is 14.8 Å². The molecule has 0 spiro atoms. The predicted octanol–water partition coefficient (Wildman–Crippen LogP) is 1.96. The first-order valence-electron chi connectivity index (χ1n) is 8.69. The first-order valence-corrected chi connectivity index (χ1v) is 10.1. The smallest absolute Gasteiger partial charge is 0.265 e. The van der Waals surface area contributed by atoms with Gasteiger partial charge in [0.15, 0.2) is 5.82 Å². The van der Waals surface area contributed by atoms with Crippen molar-refractivity contribution < 1.29 is 13.2 Å². The molecule has 2 aromatic heterocycles. The molecule has 0 fully saturated rings. The second-order valence-corrected chi connectivity index (χ2v) is 8.27. The van der Waals surface area contributed by atoms with Crippen molar-refractivity contribution in [2.75, 3.05) is 16.2 Å². The van der Waals surface area contributed by atoms with E-state index in [0.717, 1.165) is 9.69 Å².